The summed E-state index contributed by atoms with van der Waals surface area (Å²) in [6.45, 7) is 0. The van der Waals surface area contributed by atoms with E-state index in [1.165, 1.54) is 0 Å². The van der Waals surface area contributed by atoms with Crippen LogP contribution >= 0.6 is 75.3 Å². The second-order valence-corrected chi connectivity index (χ2v) is 7.52. The molecule has 0 N–H and O–H groups in total. The van der Waals surface area contributed by atoms with Gasteiger partial charge in [-0.15, -0.1) is 0 Å². The number of ether oxygens (including phenoxy) is 2. The maximum Gasteiger partial charge on any atom is 0.186 e. The van der Waals surface area contributed by atoms with E-state index in [0.717, 1.165) is 13.4 Å². The molecule has 0 spiro atoms. The van der Waals surface area contributed by atoms with Crippen LogP contribution in [0.5, 0.6) is 17.2 Å². The SMILES string of the molecule is COc1c(Br)cc(Cl)c(Br)c1Oc1ccc(Br)cc1Br. The van der Waals surface area contributed by atoms with E-state index in [0.29, 0.717) is 26.7 Å². The van der Waals surface area contributed by atoms with Crippen LogP contribution < -0.4 is 9.47 Å². The maximum atomic E-state index is 6.15. The number of halogens is 5. The zero-order valence-electron chi connectivity index (χ0n) is 10.0. The maximum absolute atomic E-state index is 6.15. The van der Waals surface area contributed by atoms with Crippen molar-refractivity contribution in [3.8, 4) is 17.2 Å². The number of hydrogen-bond donors (Lipinski definition) is 0. The normalized spacial score (nSPS) is 10.5. The summed E-state index contributed by atoms with van der Waals surface area (Å²) in [5.41, 5.74) is 0. The zero-order chi connectivity index (χ0) is 14.9. The van der Waals surface area contributed by atoms with Gasteiger partial charge in [-0.3, -0.25) is 0 Å². The largest absolute Gasteiger partial charge is 0.492 e. The average Bonchev–Trinajstić information content (AvgIpc) is 2.38. The summed E-state index contributed by atoms with van der Waals surface area (Å²) in [4.78, 5) is 0. The third-order valence-electron chi connectivity index (χ3n) is 2.40. The van der Waals surface area contributed by atoms with Gasteiger partial charge in [0.15, 0.2) is 11.5 Å². The Labute approximate surface area is 155 Å². The predicted molar refractivity (Wildman–Crippen MR) is 95.3 cm³/mol. The highest BCUT2D eigenvalue weighted by molar-refractivity contribution is 9.11. The molecule has 2 rings (SSSR count). The minimum Gasteiger partial charge on any atom is -0.492 e. The van der Waals surface area contributed by atoms with Crippen molar-refractivity contribution >= 4 is 75.3 Å². The summed E-state index contributed by atoms with van der Waals surface area (Å²) in [5, 5.41) is 0.529. The molecule has 0 aliphatic rings. The molecular formula is C13H7Br4ClO2. The van der Waals surface area contributed by atoms with Gasteiger partial charge in [-0.1, -0.05) is 27.5 Å². The molecule has 0 unspecified atom stereocenters. The first-order valence-corrected chi connectivity index (χ1v) is 8.83. The van der Waals surface area contributed by atoms with E-state index < -0.39 is 0 Å². The Bertz CT molecular complexity index is 661. The van der Waals surface area contributed by atoms with Gasteiger partial charge < -0.3 is 9.47 Å². The van der Waals surface area contributed by atoms with Crippen molar-refractivity contribution in [2.24, 2.45) is 0 Å². The summed E-state index contributed by atoms with van der Waals surface area (Å²) >= 11 is 19.8. The summed E-state index contributed by atoms with van der Waals surface area (Å²) in [6, 6.07) is 7.37. The minimum atomic E-state index is 0.509. The summed E-state index contributed by atoms with van der Waals surface area (Å²) in [6.07, 6.45) is 0. The second kappa shape index (κ2) is 7.01. The molecular weight excluding hydrogens is 543 g/mol. The van der Waals surface area contributed by atoms with Crippen LogP contribution in [0, 0.1) is 0 Å². The Balaban J connectivity index is 2.52. The second-order valence-electron chi connectivity index (χ2n) is 3.69. The Kier molecular flexibility index (Phi) is 5.82. The fourth-order valence-electron chi connectivity index (χ4n) is 1.51. The highest BCUT2D eigenvalue weighted by Gasteiger charge is 2.18. The summed E-state index contributed by atoms with van der Waals surface area (Å²) in [5.74, 6) is 1.73. The molecule has 2 nitrogen and oxygen atoms in total. The zero-order valence-corrected chi connectivity index (χ0v) is 17.1. The van der Waals surface area contributed by atoms with E-state index in [4.69, 9.17) is 21.1 Å². The molecule has 7 heteroatoms. The van der Waals surface area contributed by atoms with E-state index in [2.05, 4.69) is 63.7 Å². The molecule has 0 aliphatic carbocycles. The van der Waals surface area contributed by atoms with Gasteiger partial charge in [0, 0.05) is 4.47 Å². The van der Waals surface area contributed by atoms with Crippen LogP contribution in [0.1, 0.15) is 0 Å². The summed E-state index contributed by atoms with van der Waals surface area (Å²) in [7, 11) is 1.57. The van der Waals surface area contributed by atoms with Crippen LogP contribution in [0.4, 0.5) is 0 Å². The van der Waals surface area contributed by atoms with E-state index in [1.807, 2.05) is 18.2 Å². The van der Waals surface area contributed by atoms with E-state index in [1.54, 1.807) is 13.2 Å². The molecule has 0 fully saturated rings. The van der Waals surface area contributed by atoms with Gasteiger partial charge in [-0.05, 0) is 72.1 Å². The van der Waals surface area contributed by atoms with Gasteiger partial charge in [-0.25, -0.2) is 0 Å². The molecule has 106 valence electrons. The lowest BCUT2D eigenvalue weighted by Gasteiger charge is -2.15. The Morgan fingerprint density at radius 1 is 0.950 bits per heavy atom. The molecule has 0 aromatic heterocycles. The van der Waals surface area contributed by atoms with E-state index in [9.17, 15) is 0 Å². The van der Waals surface area contributed by atoms with Gasteiger partial charge in [0.2, 0.25) is 0 Å². The molecule has 20 heavy (non-hydrogen) atoms. The molecule has 0 radical (unpaired) electrons. The molecule has 0 amide bonds. The molecule has 0 saturated heterocycles. The summed E-state index contributed by atoms with van der Waals surface area (Å²) < 4.78 is 14.4. The number of benzene rings is 2. The van der Waals surface area contributed by atoms with Crippen LogP contribution in [0.2, 0.25) is 5.02 Å². The van der Waals surface area contributed by atoms with Crippen molar-refractivity contribution in [1.82, 2.24) is 0 Å². The molecule has 2 aromatic carbocycles. The number of hydrogen-bond acceptors (Lipinski definition) is 2. The third kappa shape index (κ3) is 3.53. The van der Waals surface area contributed by atoms with Crippen LogP contribution in [0.15, 0.2) is 42.2 Å². The van der Waals surface area contributed by atoms with Gasteiger partial charge in [0.05, 0.1) is 25.6 Å². The standard InChI is InChI=1S/C13H7Br4ClO2/c1-19-12-8(16)5-9(18)11(17)13(12)20-10-3-2-6(14)4-7(10)15/h2-5H,1H3. The first-order valence-electron chi connectivity index (χ1n) is 5.28. The van der Waals surface area contributed by atoms with Gasteiger partial charge in [0.25, 0.3) is 0 Å². The molecule has 0 heterocycles. The lowest BCUT2D eigenvalue weighted by molar-refractivity contribution is 0.374. The highest BCUT2D eigenvalue weighted by atomic mass is 79.9. The Morgan fingerprint density at radius 2 is 1.65 bits per heavy atom. The van der Waals surface area contributed by atoms with Crippen molar-refractivity contribution in [1.29, 1.82) is 0 Å². The molecule has 2 aromatic rings. The number of methoxy groups -OCH3 is 1. The van der Waals surface area contributed by atoms with Crippen molar-refractivity contribution in [3.05, 3.63) is 47.2 Å². The van der Waals surface area contributed by atoms with Crippen molar-refractivity contribution in [3.63, 3.8) is 0 Å². The van der Waals surface area contributed by atoms with Crippen molar-refractivity contribution < 1.29 is 9.47 Å². The molecule has 0 aliphatic heterocycles. The predicted octanol–water partition coefficient (Wildman–Crippen LogP) is 7.19. The Morgan fingerprint density at radius 3 is 2.25 bits per heavy atom. The van der Waals surface area contributed by atoms with Crippen LogP contribution in [-0.2, 0) is 0 Å². The van der Waals surface area contributed by atoms with Gasteiger partial charge >= 0.3 is 0 Å². The first kappa shape index (κ1) is 16.6. The molecule has 0 atom stereocenters. The topological polar surface area (TPSA) is 18.5 Å². The van der Waals surface area contributed by atoms with Crippen LogP contribution in [-0.4, -0.2) is 7.11 Å². The van der Waals surface area contributed by atoms with E-state index in [-0.39, 0.29) is 0 Å². The monoisotopic (exact) mass is 546 g/mol. The van der Waals surface area contributed by atoms with Crippen LogP contribution in [0.3, 0.4) is 0 Å². The van der Waals surface area contributed by atoms with Crippen molar-refractivity contribution in [2.75, 3.05) is 7.11 Å². The average molecular weight is 550 g/mol. The molecule has 0 saturated carbocycles. The quantitative estimate of drug-likeness (QED) is 0.377. The lowest BCUT2D eigenvalue weighted by Crippen LogP contribution is -1.94. The smallest absolute Gasteiger partial charge is 0.186 e. The fourth-order valence-corrected chi connectivity index (χ4v) is 3.91. The van der Waals surface area contributed by atoms with E-state index >= 15 is 0 Å². The van der Waals surface area contributed by atoms with Crippen LogP contribution in [0.25, 0.3) is 0 Å². The molecule has 0 bridgehead atoms. The van der Waals surface area contributed by atoms with Gasteiger partial charge in [0.1, 0.15) is 5.75 Å². The van der Waals surface area contributed by atoms with Gasteiger partial charge in [-0.2, -0.15) is 0 Å². The Hall–Kier alpha value is 0.250. The van der Waals surface area contributed by atoms with Crippen molar-refractivity contribution in [2.45, 2.75) is 0 Å². The fraction of sp³-hybridized carbons (Fsp3) is 0.0769. The minimum absolute atomic E-state index is 0.509. The first-order chi connectivity index (χ1) is 9.43. The third-order valence-corrected chi connectivity index (χ3v) is 5.41. The highest BCUT2D eigenvalue weighted by Crippen LogP contribution is 2.47. The lowest BCUT2D eigenvalue weighted by atomic mass is 10.3. The number of rotatable bonds is 3.